The quantitative estimate of drug-likeness (QED) is 0.934. The highest BCUT2D eigenvalue weighted by Gasteiger charge is 2.11. The molecule has 1 heterocycles. The van der Waals surface area contributed by atoms with E-state index in [0.29, 0.717) is 5.02 Å². The van der Waals surface area contributed by atoms with Gasteiger partial charge in [-0.2, -0.15) is 5.10 Å². The van der Waals surface area contributed by atoms with Crippen molar-refractivity contribution in [3.63, 3.8) is 0 Å². The Balaban J connectivity index is 2.45. The summed E-state index contributed by atoms with van der Waals surface area (Å²) in [5.74, 6) is 0. The van der Waals surface area contributed by atoms with Gasteiger partial charge in [0.05, 0.1) is 22.1 Å². The van der Waals surface area contributed by atoms with Crippen LogP contribution >= 0.6 is 23.2 Å². The van der Waals surface area contributed by atoms with Crippen molar-refractivity contribution in [3.8, 4) is 5.69 Å². The van der Waals surface area contributed by atoms with E-state index in [0.717, 1.165) is 34.2 Å². The minimum Gasteiger partial charge on any atom is -0.316 e. The van der Waals surface area contributed by atoms with Gasteiger partial charge in [-0.3, -0.25) is 0 Å². The Labute approximate surface area is 117 Å². The van der Waals surface area contributed by atoms with Crippen molar-refractivity contribution >= 4 is 23.2 Å². The van der Waals surface area contributed by atoms with E-state index in [-0.39, 0.29) is 0 Å². The molecule has 0 saturated heterocycles. The maximum absolute atomic E-state index is 6.24. The van der Waals surface area contributed by atoms with Crippen LogP contribution < -0.4 is 5.32 Å². The molecule has 5 heteroatoms. The molecule has 0 fully saturated rings. The number of halogens is 2. The summed E-state index contributed by atoms with van der Waals surface area (Å²) in [6, 6.07) is 5.90. The van der Waals surface area contributed by atoms with E-state index in [2.05, 4.69) is 10.4 Å². The zero-order valence-electron chi connectivity index (χ0n) is 10.6. The third-order valence-electron chi connectivity index (χ3n) is 2.85. The van der Waals surface area contributed by atoms with Crippen molar-refractivity contribution in [2.24, 2.45) is 0 Å². The van der Waals surface area contributed by atoms with Gasteiger partial charge in [-0.15, -0.1) is 0 Å². The molecule has 0 saturated carbocycles. The molecule has 0 bridgehead atoms. The first-order valence-corrected chi connectivity index (χ1v) is 6.45. The fourth-order valence-corrected chi connectivity index (χ4v) is 2.24. The molecule has 2 rings (SSSR count). The second kappa shape index (κ2) is 5.31. The standard InChI is InChI=1S/C13H15Cl2N3/c1-8-13(15)9(2)18(17-8)11-5-4-10(7-16-3)12(14)6-11/h4-6,16H,7H2,1-3H3. The number of hydrogen-bond acceptors (Lipinski definition) is 2. The van der Waals surface area contributed by atoms with Gasteiger partial charge in [0.25, 0.3) is 0 Å². The van der Waals surface area contributed by atoms with Crippen LogP contribution in [0.15, 0.2) is 18.2 Å². The van der Waals surface area contributed by atoms with E-state index in [1.54, 1.807) is 0 Å². The molecule has 1 N–H and O–H groups in total. The highest BCUT2D eigenvalue weighted by Crippen LogP contribution is 2.25. The monoisotopic (exact) mass is 283 g/mol. The summed E-state index contributed by atoms with van der Waals surface area (Å²) < 4.78 is 1.81. The summed E-state index contributed by atoms with van der Waals surface area (Å²) in [4.78, 5) is 0. The average molecular weight is 284 g/mol. The zero-order chi connectivity index (χ0) is 13.3. The first-order valence-electron chi connectivity index (χ1n) is 5.69. The average Bonchev–Trinajstić information content (AvgIpc) is 2.60. The van der Waals surface area contributed by atoms with Crippen LogP contribution in [0.2, 0.25) is 10.0 Å². The van der Waals surface area contributed by atoms with E-state index >= 15 is 0 Å². The summed E-state index contributed by atoms with van der Waals surface area (Å²) in [6.45, 7) is 4.58. The Morgan fingerprint density at radius 1 is 1.28 bits per heavy atom. The van der Waals surface area contributed by atoms with Crippen molar-refractivity contribution in [1.29, 1.82) is 0 Å². The van der Waals surface area contributed by atoms with Crippen LogP contribution in [-0.4, -0.2) is 16.8 Å². The summed E-state index contributed by atoms with van der Waals surface area (Å²) in [5.41, 5.74) is 3.74. The maximum Gasteiger partial charge on any atom is 0.0848 e. The van der Waals surface area contributed by atoms with E-state index < -0.39 is 0 Å². The number of benzene rings is 1. The fraction of sp³-hybridized carbons (Fsp3) is 0.308. The Hall–Kier alpha value is -1.03. The second-order valence-electron chi connectivity index (χ2n) is 4.20. The van der Waals surface area contributed by atoms with Crippen LogP contribution in [0.5, 0.6) is 0 Å². The number of aromatic nitrogens is 2. The topological polar surface area (TPSA) is 29.9 Å². The Morgan fingerprint density at radius 2 is 2.00 bits per heavy atom. The maximum atomic E-state index is 6.24. The van der Waals surface area contributed by atoms with Crippen LogP contribution in [0.1, 0.15) is 17.0 Å². The van der Waals surface area contributed by atoms with Gasteiger partial charge in [0.2, 0.25) is 0 Å². The lowest BCUT2D eigenvalue weighted by Crippen LogP contribution is -2.06. The molecule has 0 aliphatic heterocycles. The molecule has 0 radical (unpaired) electrons. The Bertz CT molecular complexity index is 576. The lowest BCUT2D eigenvalue weighted by molar-refractivity contribution is 0.810. The molecule has 0 aliphatic carbocycles. The Morgan fingerprint density at radius 3 is 2.50 bits per heavy atom. The number of nitrogens with one attached hydrogen (secondary N) is 1. The molecular formula is C13H15Cl2N3. The van der Waals surface area contributed by atoms with Crippen molar-refractivity contribution in [2.45, 2.75) is 20.4 Å². The van der Waals surface area contributed by atoms with Gasteiger partial charge in [-0.25, -0.2) is 4.68 Å². The predicted molar refractivity (Wildman–Crippen MR) is 75.8 cm³/mol. The molecule has 0 unspecified atom stereocenters. The van der Waals surface area contributed by atoms with E-state index in [1.807, 2.05) is 43.8 Å². The van der Waals surface area contributed by atoms with Gasteiger partial charge in [-0.1, -0.05) is 29.3 Å². The molecule has 1 aromatic carbocycles. The number of hydrogen-bond donors (Lipinski definition) is 1. The molecule has 0 aliphatic rings. The van der Waals surface area contributed by atoms with Gasteiger partial charge in [-0.05, 0) is 38.6 Å². The molecule has 0 atom stereocenters. The first-order chi connectivity index (χ1) is 8.54. The third-order valence-corrected chi connectivity index (χ3v) is 3.75. The molecule has 18 heavy (non-hydrogen) atoms. The molecular weight excluding hydrogens is 269 g/mol. The van der Waals surface area contributed by atoms with Gasteiger partial charge in [0.1, 0.15) is 0 Å². The molecule has 96 valence electrons. The summed E-state index contributed by atoms with van der Waals surface area (Å²) in [5, 5.41) is 8.91. The van der Waals surface area contributed by atoms with Gasteiger partial charge in [0, 0.05) is 11.6 Å². The Kier molecular flexibility index (Phi) is 3.95. The van der Waals surface area contributed by atoms with Gasteiger partial charge >= 0.3 is 0 Å². The molecule has 2 aromatic rings. The van der Waals surface area contributed by atoms with Crippen LogP contribution in [-0.2, 0) is 6.54 Å². The van der Waals surface area contributed by atoms with Crippen LogP contribution in [0.3, 0.4) is 0 Å². The van der Waals surface area contributed by atoms with E-state index in [4.69, 9.17) is 23.2 Å². The minimum absolute atomic E-state index is 0.699. The molecule has 3 nitrogen and oxygen atoms in total. The highest BCUT2D eigenvalue weighted by molar-refractivity contribution is 6.32. The third kappa shape index (κ3) is 2.39. The van der Waals surface area contributed by atoms with Gasteiger partial charge < -0.3 is 5.32 Å². The fourth-order valence-electron chi connectivity index (χ4n) is 1.88. The smallest absolute Gasteiger partial charge is 0.0848 e. The van der Waals surface area contributed by atoms with Crippen molar-refractivity contribution in [3.05, 3.63) is 45.2 Å². The van der Waals surface area contributed by atoms with Crippen molar-refractivity contribution < 1.29 is 0 Å². The number of nitrogens with zero attached hydrogens (tertiary/aromatic N) is 2. The number of aryl methyl sites for hydroxylation is 1. The predicted octanol–water partition coefficient (Wildman–Crippen LogP) is 3.52. The summed E-state index contributed by atoms with van der Waals surface area (Å²) in [6.07, 6.45) is 0. The molecule has 0 spiro atoms. The number of rotatable bonds is 3. The van der Waals surface area contributed by atoms with Crippen molar-refractivity contribution in [2.75, 3.05) is 7.05 Å². The SMILES string of the molecule is CNCc1ccc(-n2nc(C)c(Cl)c2C)cc1Cl. The minimum atomic E-state index is 0.699. The highest BCUT2D eigenvalue weighted by atomic mass is 35.5. The normalized spacial score (nSPS) is 10.9. The van der Waals surface area contributed by atoms with Crippen LogP contribution in [0.4, 0.5) is 0 Å². The molecule has 0 amide bonds. The summed E-state index contributed by atoms with van der Waals surface area (Å²) in [7, 11) is 1.89. The largest absolute Gasteiger partial charge is 0.316 e. The van der Waals surface area contributed by atoms with E-state index in [1.165, 1.54) is 0 Å². The summed E-state index contributed by atoms with van der Waals surface area (Å²) >= 11 is 12.4. The van der Waals surface area contributed by atoms with Crippen molar-refractivity contribution in [1.82, 2.24) is 15.1 Å². The zero-order valence-corrected chi connectivity index (χ0v) is 12.1. The van der Waals surface area contributed by atoms with Gasteiger partial charge in [0.15, 0.2) is 0 Å². The lowest BCUT2D eigenvalue weighted by Gasteiger charge is -2.08. The molecule has 1 aromatic heterocycles. The van der Waals surface area contributed by atoms with Crippen LogP contribution in [0, 0.1) is 13.8 Å². The second-order valence-corrected chi connectivity index (χ2v) is 4.99. The van der Waals surface area contributed by atoms with E-state index in [9.17, 15) is 0 Å². The van der Waals surface area contributed by atoms with Crippen LogP contribution in [0.25, 0.3) is 5.69 Å². The first kappa shape index (κ1) is 13.4. The lowest BCUT2D eigenvalue weighted by atomic mass is 10.2.